The molecule has 1 heterocycles. The Morgan fingerprint density at radius 1 is 1.00 bits per heavy atom. The molecule has 0 aliphatic rings. The molecule has 1 aromatic heterocycles. The molecule has 0 aliphatic carbocycles. The molecular weight excluding hydrogens is 448 g/mol. The number of rotatable bonds is 7. The van der Waals surface area contributed by atoms with E-state index >= 15 is 0 Å². The molecular formula is C26H26N4O3S. The van der Waals surface area contributed by atoms with Crippen LogP contribution in [-0.2, 0) is 21.9 Å². The van der Waals surface area contributed by atoms with E-state index in [1.165, 1.54) is 19.2 Å². The Kier molecular flexibility index (Phi) is 6.63. The number of fused-ring (bicyclic) bond motifs is 1. The molecule has 0 saturated carbocycles. The van der Waals surface area contributed by atoms with Gasteiger partial charge in [0.1, 0.15) is 0 Å². The molecule has 0 spiro atoms. The fraction of sp³-hybridized carbons (Fsp3) is 0.154. The smallest absolute Gasteiger partial charge is 0.255 e. The van der Waals surface area contributed by atoms with E-state index in [0.717, 1.165) is 37.6 Å². The molecule has 0 fully saturated rings. The number of aromatic nitrogens is 1. The molecule has 34 heavy (non-hydrogen) atoms. The third-order valence-corrected chi connectivity index (χ3v) is 7.49. The summed E-state index contributed by atoms with van der Waals surface area (Å²) in [6, 6.07) is 24.4. The predicted octanol–water partition coefficient (Wildman–Crippen LogP) is 3.92. The van der Waals surface area contributed by atoms with Crippen LogP contribution in [0.1, 0.15) is 11.1 Å². The Bertz CT molecular complexity index is 1460. The van der Waals surface area contributed by atoms with Crippen LogP contribution in [0.25, 0.3) is 22.2 Å². The number of hydrazone groups is 1. The van der Waals surface area contributed by atoms with Gasteiger partial charge in [0.15, 0.2) is 0 Å². The lowest BCUT2D eigenvalue weighted by Gasteiger charge is -2.16. The summed E-state index contributed by atoms with van der Waals surface area (Å²) in [5.41, 5.74) is 7.32. The van der Waals surface area contributed by atoms with Crippen LogP contribution in [0.2, 0.25) is 0 Å². The molecule has 1 N–H and O–H groups in total. The van der Waals surface area contributed by atoms with E-state index in [2.05, 4.69) is 15.1 Å². The van der Waals surface area contributed by atoms with Gasteiger partial charge in [-0.05, 0) is 30.7 Å². The van der Waals surface area contributed by atoms with Gasteiger partial charge < -0.3 is 4.57 Å². The van der Waals surface area contributed by atoms with E-state index < -0.39 is 15.9 Å². The number of hydrogen-bond donors (Lipinski definition) is 1. The van der Waals surface area contributed by atoms with Crippen LogP contribution in [-0.4, -0.2) is 43.0 Å². The Balaban J connectivity index is 1.54. The Hall–Kier alpha value is -3.75. The number of hydrogen-bond acceptors (Lipinski definition) is 4. The monoisotopic (exact) mass is 474 g/mol. The van der Waals surface area contributed by atoms with Gasteiger partial charge in [0.2, 0.25) is 10.0 Å². The first kappa shape index (κ1) is 23.4. The number of amides is 1. The van der Waals surface area contributed by atoms with Crippen molar-refractivity contribution in [2.75, 3.05) is 13.6 Å². The number of benzene rings is 3. The minimum absolute atomic E-state index is 0.139. The summed E-state index contributed by atoms with van der Waals surface area (Å²) < 4.78 is 28.6. The van der Waals surface area contributed by atoms with Crippen molar-refractivity contribution in [1.82, 2.24) is 14.3 Å². The summed E-state index contributed by atoms with van der Waals surface area (Å²) in [7, 11) is -0.416. The molecule has 174 valence electrons. The second kappa shape index (κ2) is 9.62. The van der Waals surface area contributed by atoms with Gasteiger partial charge in [-0.2, -0.15) is 9.41 Å². The zero-order valence-corrected chi connectivity index (χ0v) is 20.1. The first-order chi connectivity index (χ1) is 16.3. The van der Waals surface area contributed by atoms with E-state index in [1.807, 2.05) is 68.6 Å². The summed E-state index contributed by atoms with van der Waals surface area (Å²) in [6.07, 6.45) is 1.61. The van der Waals surface area contributed by atoms with Crippen molar-refractivity contribution in [3.05, 3.63) is 90.0 Å². The van der Waals surface area contributed by atoms with Gasteiger partial charge >= 0.3 is 0 Å². The number of carbonyl (C=O) groups excluding carboxylic acids is 1. The van der Waals surface area contributed by atoms with E-state index in [4.69, 9.17) is 0 Å². The molecule has 3 aromatic carbocycles. The summed E-state index contributed by atoms with van der Waals surface area (Å²) in [6.45, 7) is 1.53. The average molecular weight is 475 g/mol. The van der Waals surface area contributed by atoms with Gasteiger partial charge in [-0.15, -0.1) is 0 Å². The maximum Gasteiger partial charge on any atom is 0.255 e. The maximum absolute atomic E-state index is 12.7. The summed E-state index contributed by atoms with van der Waals surface area (Å²) >= 11 is 0. The Morgan fingerprint density at radius 2 is 1.65 bits per heavy atom. The molecule has 0 atom stereocenters. The fourth-order valence-electron chi connectivity index (χ4n) is 3.88. The fourth-order valence-corrected chi connectivity index (χ4v) is 5.01. The SMILES string of the molecule is Cc1ccc(S(=O)(=O)N(C)CC(=O)N/N=C/c2c(-c3ccccc3)n(C)c3ccccc23)cc1. The molecule has 8 heteroatoms. The summed E-state index contributed by atoms with van der Waals surface area (Å²) in [4.78, 5) is 12.6. The second-order valence-electron chi connectivity index (χ2n) is 8.07. The number of nitrogens with zero attached hydrogens (tertiary/aromatic N) is 3. The van der Waals surface area contributed by atoms with E-state index in [9.17, 15) is 13.2 Å². The zero-order valence-electron chi connectivity index (χ0n) is 19.3. The molecule has 0 aliphatic heterocycles. The predicted molar refractivity (Wildman–Crippen MR) is 135 cm³/mol. The quantitative estimate of drug-likeness (QED) is 0.325. The first-order valence-corrected chi connectivity index (χ1v) is 12.2. The number of aryl methyl sites for hydroxylation is 2. The maximum atomic E-state index is 12.7. The van der Waals surface area contributed by atoms with Gasteiger partial charge in [-0.1, -0.05) is 66.2 Å². The minimum Gasteiger partial charge on any atom is -0.343 e. The number of likely N-dealkylation sites (N-methyl/N-ethyl adjacent to an activating group) is 1. The first-order valence-electron chi connectivity index (χ1n) is 10.8. The molecule has 1 amide bonds. The van der Waals surface area contributed by atoms with Crippen LogP contribution in [0.3, 0.4) is 0 Å². The summed E-state index contributed by atoms with van der Waals surface area (Å²) in [5.74, 6) is -0.532. The average Bonchev–Trinajstić information content (AvgIpc) is 3.11. The minimum atomic E-state index is -3.78. The largest absolute Gasteiger partial charge is 0.343 e. The summed E-state index contributed by atoms with van der Waals surface area (Å²) in [5, 5.41) is 5.15. The van der Waals surface area contributed by atoms with Crippen molar-refractivity contribution in [2.45, 2.75) is 11.8 Å². The van der Waals surface area contributed by atoms with Crippen molar-refractivity contribution >= 4 is 33.0 Å². The van der Waals surface area contributed by atoms with Crippen molar-refractivity contribution in [1.29, 1.82) is 0 Å². The van der Waals surface area contributed by atoms with E-state index in [0.29, 0.717) is 0 Å². The highest BCUT2D eigenvalue weighted by Crippen LogP contribution is 2.31. The topological polar surface area (TPSA) is 83.8 Å². The molecule has 4 rings (SSSR count). The van der Waals surface area contributed by atoms with E-state index in [1.54, 1.807) is 18.3 Å². The zero-order chi connectivity index (χ0) is 24.3. The lowest BCUT2D eigenvalue weighted by atomic mass is 10.1. The molecule has 0 radical (unpaired) electrons. The van der Waals surface area contributed by atoms with Gasteiger partial charge in [-0.3, -0.25) is 4.79 Å². The van der Waals surface area contributed by atoms with Gasteiger partial charge in [0.25, 0.3) is 5.91 Å². The number of sulfonamides is 1. The number of para-hydroxylation sites is 1. The number of carbonyl (C=O) groups is 1. The molecule has 0 saturated heterocycles. The van der Waals surface area contributed by atoms with Crippen LogP contribution >= 0.6 is 0 Å². The van der Waals surface area contributed by atoms with Gasteiger partial charge in [0, 0.05) is 30.6 Å². The van der Waals surface area contributed by atoms with Crippen molar-refractivity contribution in [3.8, 4) is 11.3 Å². The molecule has 0 bridgehead atoms. The molecule has 4 aromatic rings. The lowest BCUT2D eigenvalue weighted by Crippen LogP contribution is -2.36. The lowest BCUT2D eigenvalue weighted by molar-refractivity contribution is -0.121. The number of nitrogens with one attached hydrogen (secondary N) is 1. The highest BCUT2D eigenvalue weighted by Gasteiger charge is 2.22. The standard InChI is InChI=1S/C26H26N4O3S/c1-19-13-15-21(16-14-19)34(32,33)29(2)18-25(31)28-27-17-23-22-11-7-8-12-24(22)30(3)26(23)20-9-5-4-6-10-20/h4-17H,18H2,1-3H3,(H,28,31)/b27-17+. The third-order valence-electron chi connectivity index (χ3n) is 5.67. The molecule has 7 nitrogen and oxygen atoms in total. The van der Waals surface area contributed by atoms with Crippen LogP contribution in [0.5, 0.6) is 0 Å². The van der Waals surface area contributed by atoms with Crippen LogP contribution < -0.4 is 5.43 Å². The van der Waals surface area contributed by atoms with Crippen LogP contribution in [0.4, 0.5) is 0 Å². The molecule has 0 unspecified atom stereocenters. The van der Waals surface area contributed by atoms with Gasteiger partial charge in [0.05, 0.1) is 23.3 Å². The van der Waals surface area contributed by atoms with Crippen molar-refractivity contribution in [2.24, 2.45) is 12.1 Å². The van der Waals surface area contributed by atoms with Crippen molar-refractivity contribution < 1.29 is 13.2 Å². The Morgan fingerprint density at radius 3 is 2.35 bits per heavy atom. The Labute approximate surface area is 199 Å². The highest BCUT2D eigenvalue weighted by atomic mass is 32.2. The third kappa shape index (κ3) is 4.64. The van der Waals surface area contributed by atoms with Crippen molar-refractivity contribution in [3.63, 3.8) is 0 Å². The normalized spacial score (nSPS) is 12.0. The van der Waals surface area contributed by atoms with Gasteiger partial charge in [-0.25, -0.2) is 13.8 Å². The highest BCUT2D eigenvalue weighted by molar-refractivity contribution is 7.89. The van der Waals surface area contributed by atoms with E-state index in [-0.39, 0.29) is 11.4 Å². The second-order valence-corrected chi connectivity index (χ2v) is 10.1. The van der Waals surface area contributed by atoms with Crippen LogP contribution in [0, 0.1) is 6.92 Å². The van der Waals surface area contributed by atoms with Crippen LogP contribution in [0.15, 0.2) is 88.9 Å².